The van der Waals surface area contributed by atoms with Crippen LogP contribution in [0.5, 0.6) is 0 Å². The summed E-state index contributed by atoms with van der Waals surface area (Å²) in [4.78, 5) is 5.86. The molecule has 0 aliphatic heterocycles. The molecule has 0 spiro atoms. The third-order valence-corrected chi connectivity index (χ3v) is 4.46. The summed E-state index contributed by atoms with van der Waals surface area (Å²) < 4.78 is 2.33. The van der Waals surface area contributed by atoms with Crippen molar-refractivity contribution in [1.82, 2.24) is 14.9 Å². The number of rotatable bonds is 3. The zero-order chi connectivity index (χ0) is 11.7. The van der Waals surface area contributed by atoms with Gasteiger partial charge in [0, 0.05) is 17.6 Å². The summed E-state index contributed by atoms with van der Waals surface area (Å²) in [6.45, 7) is 0.885. The monoisotopic (exact) mass is 247 g/mol. The molecule has 1 N–H and O–H groups in total. The van der Waals surface area contributed by atoms with E-state index in [1.165, 1.54) is 30.5 Å². The van der Waals surface area contributed by atoms with Gasteiger partial charge in [-0.25, -0.2) is 4.98 Å². The van der Waals surface area contributed by atoms with Crippen molar-refractivity contribution in [1.29, 1.82) is 0 Å². The van der Waals surface area contributed by atoms with Crippen LogP contribution in [0.4, 0.5) is 0 Å². The van der Waals surface area contributed by atoms with Crippen LogP contribution in [-0.2, 0) is 13.0 Å². The fraction of sp³-hybridized carbons (Fsp3) is 0.462. The Labute approximate surface area is 106 Å². The quantitative estimate of drug-likeness (QED) is 0.903. The van der Waals surface area contributed by atoms with Gasteiger partial charge in [-0.1, -0.05) is 0 Å². The van der Waals surface area contributed by atoms with Gasteiger partial charge in [-0.2, -0.15) is 0 Å². The predicted octanol–water partition coefficient (Wildman–Crippen LogP) is 2.59. The van der Waals surface area contributed by atoms with Crippen LogP contribution in [0.25, 0.3) is 0 Å². The van der Waals surface area contributed by atoms with Crippen LogP contribution in [0, 0.1) is 0 Å². The van der Waals surface area contributed by atoms with E-state index in [1.54, 1.807) is 4.88 Å². The highest BCUT2D eigenvalue weighted by atomic mass is 32.1. The average molecular weight is 247 g/mol. The molecule has 2 heterocycles. The zero-order valence-electron chi connectivity index (χ0n) is 10.0. The van der Waals surface area contributed by atoms with E-state index in [9.17, 15) is 0 Å². The smallest absolute Gasteiger partial charge is 0.0954 e. The first-order valence-electron chi connectivity index (χ1n) is 6.11. The summed E-state index contributed by atoms with van der Waals surface area (Å²) in [5.41, 5.74) is 2.79. The first kappa shape index (κ1) is 11.0. The van der Waals surface area contributed by atoms with Crippen molar-refractivity contribution >= 4 is 11.3 Å². The molecule has 1 unspecified atom stereocenters. The van der Waals surface area contributed by atoms with Crippen molar-refractivity contribution in [3.63, 3.8) is 0 Å². The standard InChI is InChI=1S/C13H17N3S/c1-14-7-10-8-15-9-16(10)12-3-2-4-13-11(12)5-6-17-13/h5-6,8-9,12,14H,2-4,7H2,1H3. The fourth-order valence-electron chi connectivity index (χ4n) is 2.68. The molecule has 1 aliphatic rings. The summed E-state index contributed by atoms with van der Waals surface area (Å²) >= 11 is 1.90. The molecule has 1 atom stereocenters. The molecular formula is C13H17N3S. The van der Waals surface area contributed by atoms with Gasteiger partial charge in [0.2, 0.25) is 0 Å². The Kier molecular flexibility index (Phi) is 2.99. The zero-order valence-corrected chi connectivity index (χ0v) is 10.8. The first-order valence-corrected chi connectivity index (χ1v) is 6.99. The van der Waals surface area contributed by atoms with E-state index < -0.39 is 0 Å². The molecule has 0 radical (unpaired) electrons. The molecule has 0 amide bonds. The van der Waals surface area contributed by atoms with Crippen LogP contribution < -0.4 is 5.32 Å². The molecule has 3 nitrogen and oxygen atoms in total. The first-order chi connectivity index (χ1) is 8.40. The second-order valence-corrected chi connectivity index (χ2v) is 5.53. The van der Waals surface area contributed by atoms with Gasteiger partial charge >= 0.3 is 0 Å². The lowest BCUT2D eigenvalue weighted by Crippen LogP contribution is -2.19. The van der Waals surface area contributed by atoms with Gasteiger partial charge in [0.15, 0.2) is 0 Å². The number of fused-ring (bicyclic) bond motifs is 1. The molecular weight excluding hydrogens is 230 g/mol. The summed E-state index contributed by atoms with van der Waals surface area (Å²) in [5.74, 6) is 0. The lowest BCUT2D eigenvalue weighted by Gasteiger charge is -2.25. The van der Waals surface area contributed by atoms with Gasteiger partial charge in [0.25, 0.3) is 0 Å². The highest BCUT2D eigenvalue weighted by Crippen LogP contribution is 2.36. The number of nitrogens with zero attached hydrogens (tertiary/aromatic N) is 2. The normalized spacial score (nSPS) is 19.2. The Morgan fingerprint density at radius 3 is 3.41 bits per heavy atom. The summed E-state index contributed by atoms with van der Waals surface area (Å²) in [7, 11) is 1.98. The van der Waals surface area contributed by atoms with Crippen LogP contribution in [0.1, 0.15) is 35.0 Å². The van der Waals surface area contributed by atoms with Crippen molar-refractivity contribution in [2.24, 2.45) is 0 Å². The Balaban J connectivity index is 1.98. The molecule has 0 fully saturated rings. The number of aryl methyl sites for hydroxylation is 1. The molecule has 2 aromatic rings. The molecule has 3 rings (SSSR count). The molecule has 0 saturated carbocycles. The van der Waals surface area contributed by atoms with Crippen molar-refractivity contribution in [3.8, 4) is 0 Å². The number of hydrogen-bond donors (Lipinski definition) is 1. The third-order valence-electron chi connectivity index (χ3n) is 3.46. The second kappa shape index (κ2) is 4.63. The summed E-state index contributed by atoms with van der Waals surface area (Å²) in [6.07, 6.45) is 7.72. The SMILES string of the molecule is CNCc1cncn1C1CCCc2sccc21. The lowest BCUT2D eigenvalue weighted by atomic mass is 9.94. The maximum absolute atomic E-state index is 4.30. The number of nitrogens with one attached hydrogen (secondary N) is 1. The van der Waals surface area contributed by atoms with Crippen LogP contribution in [0.2, 0.25) is 0 Å². The van der Waals surface area contributed by atoms with E-state index in [2.05, 4.69) is 26.3 Å². The molecule has 90 valence electrons. The topological polar surface area (TPSA) is 29.9 Å². The van der Waals surface area contributed by atoms with E-state index >= 15 is 0 Å². The molecule has 0 bridgehead atoms. The van der Waals surface area contributed by atoms with Gasteiger partial charge in [-0.05, 0) is 43.3 Å². The van der Waals surface area contributed by atoms with E-state index in [0.717, 1.165) is 6.54 Å². The molecule has 0 aromatic carbocycles. The minimum atomic E-state index is 0.496. The second-order valence-electron chi connectivity index (χ2n) is 4.53. The Bertz CT molecular complexity index is 500. The van der Waals surface area contributed by atoms with Crippen molar-refractivity contribution < 1.29 is 0 Å². The van der Waals surface area contributed by atoms with Crippen molar-refractivity contribution in [3.05, 3.63) is 40.1 Å². The van der Waals surface area contributed by atoms with E-state index in [0.29, 0.717) is 6.04 Å². The molecule has 1 aliphatic carbocycles. The minimum Gasteiger partial charge on any atom is -0.326 e. The Hall–Kier alpha value is -1.13. The molecule has 0 saturated heterocycles. The maximum Gasteiger partial charge on any atom is 0.0954 e. The van der Waals surface area contributed by atoms with E-state index in [-0.39, 0.29) is 0 Å². The van der Waals surface area contributed by atoms with Crippen molar-refractivity contribution in [2.75, 3.05) is 7.05 Å². The lowest BCUT2D eigenvalue weighted by molar-refractivity contribution is 0.477. The van der Waals surface area contributed by atoms with Gasteiger partial charge in [0.05, 0.1) is 18.1 Å². The predicted molar refractivity (Wildman–Crippen MR) is 70.4 cm³/mol. The number of imidazole rings is 1. The largest absolute Gasteiger partial charge is 0.326 e. The number of hydrogen-bond acceptors (Lipinski definition) is 3. The fourth-order valence-corrected chi connectivity index (χ4v) is 3.66. The van der Waals surface area contributed by atoms with Crippen LogP contribution >= 0.6 is 11.3 Å². The van der Waals surface area contributed by atoms with Crippen molar-refractivity contribution in [2.45, 2.75) is 31.8 Å². The van der Waals surface area contributed by atoms with Crippen LogP contribution in [-0.4, -0.2) is 16.6 Å². The van der Waals surface area contributed by atoms with E-state index in [4.69, 9.17) is 0 Å². The van der Waals surface area contributed by atoms with Gasteiger partial charge < -0.3 is 9.88 Å². The number of thiophene rings is 1. The molecule has 2 aromatic heterocycles. The van der Waals surface area contributed by atoms with Crippen LogP contribution in [0.3, 0.4) is 0 Å². The number of aromatic nitrogens is 2. The third kappa shape index (κ3) is 1.91. The molecule has 4 heteroatoms. The summed E-state index contributed by atoms with van der Waals surface area (Å²) in [6, 6.07) is 2.78. The Morgan fingerprint density at radius 1 is 1.59 bits per heavy atom. The van der Waals surface area contributed by atoms with Gasteiger partial charge in [0.1, 0.15) is 0 Å². The van der Waals surface area contributed by atoms with Gasteiger partial charge in [-0.15, -0.1) is 11.3 Å². The highest BCUT2D eigenvalue weighted by Gasteiger charge is 2.23. The van der Waals surface area contributed by atoms with E-state index in [1.807, 2.05) is 30.9 Å². The maximum atomic E-state index is 4.30. The van der Waals surface area contributed by atoms with Crippen LogP contribution in [0.15, 0.2) is 24.0 Å². The van der Waals surface area contributed by atoms with Gasteiger partial charge in [-0.3, -0.25) is 0 Å². The molecule has 17 heavy (non-hydrogen) atoms. The minimum absolute atomic E-state index is 0.496. The Morgan fingerprint density at radius 2 is 2.53 bits per heavy atom. The average Bonchev–Trinajstić information content (AvgIpc) is 2.96. The highest BCUT2D eigenvalue weighted by molar-refractivity contribution is 7.10. The summed E-state index contributed by atoms with van der Waals surface area (Å²) in [5, 5.41) is 5.43.